The molecule has 2 aliphatic carbocycles. The number of hydrogen-bond donors (Lipinski definition) is 1. The van der Waals surface area contributed by atoms with E-state index in [0.29, 0.717) is 12.0 Å². The molecular weight excluding hydrogens is 268 g/mol. The zero-order chi connectivity index (χ0) is 11.3. The lowest BCUT2D eigenvalue weighted by Crippen LogP contribution is -2.29. The summed E-state index contributed by atoms with van der Waals surface area (Å²) in [5.41, 5.74) is 1.36. The topological polar surface area (TPSA) is 29.5 Å². The number of halogens is 1. The first-order chi connectivity index (χ1) is 7.68. The van der Waals surface area contributed by atoms with Crippen LogP contribution in [0.25, 0.3) is 0 Å². The first-order valence-corrected chi connectivity index (χ1v) is 6.93. The summed E-state index contributed by atoms with van der Waals surface area (Å²) in [7, 11) is 0. The van der Waals surface area contributed by atoms with E-state index in [4.69, 9.17) is 4.74 Å². The summed E-state index contributed by atoms with van der Waals surface area (Å²) in [6.45, 7) is 2.11. The fourth-order valence-electron chi connectivity index (χ4n) is 3.31. The van der Waals surface area contributed by atoms with Crippen molar-refractivity contribution in [2.45, 2.75) is 44.8 Å². The fourth-order valence-corrected chi connectivity index (χ4v) is 3.91. The van der Waals surface area contributed by atoms with Crippen LogP contribution in [0, 0.1) is 11.8 Å². The van der Waals surface area contributed by atoms with E-state index < -0.39 is 0 Å². The minimum absolute atomic E-state index is 0.197. The van der Waals surface area contributed by atoms with Crippen LogP contribution in [-0.2, 0) is 4.74 Å². The second kappa shape index (κ2) is 3.88. The molecule has 1 fully saturated rings. The maximum Gasteiger partial charge on any atom is 0.120 e. The van der Waals surface area contributed by atoms with Crippen LogP contribution in [0.4, 0.5) is 0 Å². The summed E-state index contributed by atoms with van der Waals surface area (Å²) >= 11 is 3.43. The quantitative estimate of drug-likeness (QED) is 0.741. The molecular formula is C13H17BrO2. The normalized spacial score (nSPS) is 42.3. The standard InChI is InChI=1S/C13H17BrO2/c1-7-12-8-4-2-3-5-10(8)16-11(12)6-9(14)13(7)15/h6-8,10,13,15H,2-5H2,1H3. The number of hydrogen-bond acceptors (Lipinski definition) is 2. The van der Waals surface area contributed by atoms with Crippen molar-refractivity contribution in [3.63, 3.8) is 0 Å². The van der Waals surface area contributed by atoms with E-state index in [1.807, 2.05) is 6.08 Å². The van der Waals surface area contributed by atoms with Crippen LogP contribution in [0.3, 0.4) is 0 Å². The molecule has 1 N–H and O–H groups in total. The lowest BCUT2D eigenvalue weighted by Gasteiger charge is -2.30. The molecule has 0 radical (unpaired) electrons. The number of aliphatic hydroxyl groups excluding tert-OH is 1. The first kappa shape index (κ1) is 10.8. The molecule has 0 aromatic heterocycles. The van der Waals surface area contributed by atoms with E-state index in [2.05, 4.69) is 22.9 Å². The molecule has 0 spiro atoms. The predicted octanol–water partition coefficient (Wildman–Crippen LogP) is 3.12. The molecule has 16 heavy (non-hydrogen) atoms. The van der Waals surface area contributed by atoms with Gasteiger partial charge in [0, 0.05) is 16.3 Å². The van der Waals surface area contributed by atoms with Crippen molar-refractivity contribution in [1.82, 2.24) is 0 Å². The van der Waals surface area contributed by atoms with Gasteiger partial charge in [-0.05, 0) is 30.9 Å². The Labute approximate surface area is 104 Å². The van der Waals surface area contributed by atoms with Crippen LogP contribution < -0.4 is 0 Å². The molecule has 0 aromatic carbocycles. The number of fused-ring (bicyclic) bond motifs is 2. The molecule has 0 bridgehead atoms. The third-order valence-electron chi connectivity index (χ3n) is 4.18. The predicted molar refractivity (Wildman–Crippen MR) is 66.0 cm³/mol. The highest BCUT2D eigenvalue weighted by Gasteiger charge is 2.43. The molecule has 1 saturated carbocycles. The maximum atomic E-state index is 10.1. The highest BCUT2D eigenvalue weighted by molar-refractivity contribution is 9.11. The highest BCUT2D eigenvalue weighted by atomic mass is 79.9. The summed E-state index contributed by atoms with van der Waals surface area (Å²) in [4.78, 5) is 0. The summed E-state index contributed by atoms with van der Waals surface area (Å²) < 4.78 is 6.88. The molecule has 3 aliphatic rings. The maximum absolute atomic E-state index is 10.1. The van der Waals surface area contributed by atoms with Gasteiger partial charge in [0.05, 0.1) is 6.10 Å². The van der Waals surface area contributed by atoms with E-state index in [0.717, 1.165) is 10.2 Å². The summed E-state index contributed by atoms with van der Waals surface area (Å²) in [6.07, 6.45) is 6.94. The Kier molecular flexibility index (Phi) is 2.63. The molecule has 4 unspecified atom stereocenters. The Morgan fingerprint density at radius 3 is 2.94 bits per heavy atom. The van der Waals surface area contributed by atoms with Gasteiger partial charge >= 0.3 is 0 Å². The van der Waals surface area contributed by atoms with Gasteiger partial charge in [-0.15, -0.1) is 0 Å². The van der Waals surface area contributed by atoms with Crippen LogP contribution >= 0.6 is 15.9 Å². The third-order valence-corrected chi connectivity index (χ3v) is 4.88. The Morgan fingerprint density at radius 2 is 2.12 bits per heavy atom. The van der Waals surface area contributed by atoms with Crippen LogP contribution in [-0.4, -0.2) is 17.3 Å². The lowest BCUT2D eigenvalue weighted by molar-refractivity contribution is 0.0866. The molecule has 0 amide bonds. The molecule has 0 aromatic rings. The Morgan fingerprint density at radius 1 is 1.38 bits per heavy atom. The zero-order valence-electron chi connectivity index (χ0n) is 9.45. The van der Waals surface area contributed by atoms with Crippen molar-refractivity contribution >= 4 is 15.9 Å². The first-order valence-electron chi connectivity index (χ1n) is 6.14. The lowest BCUT2D eigenvalue weighted by atomic mass is 9.75. The van der Waals surface area contributed by atoms with Crippen LogP contribution in [0.1, 0.15) is 32.6 Å². The van der Waals surface area contributed by atoms with E-state index in [1.54, 1.807) is 0 Å². The van der Waals surface area contributed by atoms with Gasteiger partial charge < -0.3 is 9.84 Å². The third kappa shape index (κ3) is 1.48. The molecule has 4 atom stereocenters. The number of rotatable bonds is 0. The minimum Gasteiger partial charge on any atom is -0.490 e. The Hall–Kier alpha value is -0.280. The van der Waals surface area contributed by atoms with Crippen molar-refractivity contribution in [3.8, 4) is 0 Å². The van der Waals surface area contributed by atoms with Gasteiger partial charge in [0.25, 0.3) is 0 Å². The highest BCUT2D eigenvalue weighted by Crippen LogP contribution is 2.48. The van der Waals surface area contributed by atoms with Gasteiger partial charge in [-0.25, -0.2) is 0 Å². The Bertz CT molecular complexity index is 372. The van der Waals surface area contributed by atoms with Crippen LogP contribution in [0.2, 0.25) is 0 Å². The average Bonchev–Trinajstić information content (AvgIpc) is 2.64. The zero-order valence-corrected chi connectivity index (χ0v) is 11.0. The smallest absolute Gasteiger partial charge is 0.120 e. The fraction of sp³-hybridized carbons (Fsp3) is 0.692. The van der Waals surface area contributed by atoms with Crippen LogP contribution in [0.15, 0.2) is 21.9 Å². The van der Waals surface area contributed by atoms with Crippen molar-refractivity contribution in [3.05, 3.63) is 21.9 Å². The number of allylic oxidation sites excluding steroid dienone is 1. The minimum atomic E-state index is -0.386. The average molecular weight is 285 g/mol. The number of ether oxygens (including phenoxy) is 1. The largest absolute Gasteiger partial charge is 0.490 e. The van der Waals surface area contributed by atoms with Gasteiger partial charge in [-0.1, -0.05) is 29.3 Å². The molecule has 2 nitrogen and oxygen atoms in total. The molecule has 0 saturated heterocycles. The van der Waals surface area contributed by atoms with E-state index in [1.165, 1.54) is 31.3 Å². The van der Waals surface area contributed by atoms with Gasteiger partial charge in [0.1, 0.15) is 11.9 Å². The van der Waals surface area contributed by atoms with E-state index in [-0.39, 0.29) is 12.0 Å². The molecule has 3 heteroatoms. The van der Waals surface area contributed by atoms with E-state index >= 15 is 0 Å². The van der Waals surface area contributed by atoms with Crippen molar-refractivity contribution in [2.75, 3.05) is 0 Å². The molecule has 3 rings (SSSR count). The van der Waals surface area contributed by atoms with Gasteiger partial charge in [-0.3, -0.25) is 0 Å². The van der Waals surface area contributed by atoms with Gasteiger partial charge in [0.2, 0.25) is 0 Å². The second-order valence-corrected chi connectivity index (χ2v) is 6.05. The Balaban J connectivity index is 1.96. The van der Waals surface area contributed by atoms with E-state index in [9.17, 15) is 5.11 Å². The molecule has 88 valence electrons. The van der Waals surface area contributed by atoms with Gasteiger partial charge in [-0.2, -0.15) is 0 Å². The van der Waals surface area contributed by atoms with Crippen molar-refractivity contribution < 1.29 is 9.84 Å². The summed E-state index contributed by atoms with van der Waals surface area (Å²) in [6, 6.07) is 0. The van der Waals surface area contributed by atoms with Crippen molar-refractivity contribution in [2.24, 2.45) is 11.8 Å². The number of aliphatic hydroxyl groups is 1. The second-order valence-electron chi connectivity index (χ2n) is 5.13. The molecule has 1 heterocycles. The summed E-state index contributed by atoms with van der Waals surface area (Å²) in [5, 5.41) is 10.1. The van der Waals surface area contributed by atoms with Gasteiger partial charge in [0.15, 0.2) is 0 Å². The SMILES string of the molecule is CC1C2=C(C=C(Br)C1O)OC1CCCCC21. The summed E-state index contributed by atoms with van der Waals surface area (Å²) in [5.74, 6) is 1.79. The molecule has 1 aliphatic heterocycles. The van der Waals surface area contributed by atoms with Crippen LogP contribution in [0.5, 0.6) is 0 Å². The van der Waals surface area contributed by atoms with Crippen molar-refractivity contribution in [1.29, 1.82) is 0 Å². The monoisotopic (exact) mass is 284 g/mol.